The van der Waals surface area contributed by atoms with Gasteiger partial charge in [0.25, 0.3) is 0 Å². The number of benzene rings is 2. The molecule has 0 fully saturated rings. The fourth-order valence-corrected chi connectivity index (χ4v) is 4.46. The molecule has 3 heterocycles. The topological polar surface area (TPSA) is 54.3 Å². The smallest absolute Gasteiger partial charge is 0.217 e. The first-order valence-corrected chi connectivity index (χ1v) is 9.65. The molecule has 0 amide bonds. The minimum absolute atomic E-state index is 0.0719. The van der Waals surface area contributed by atoms with Gasteiger partial charge in [-0.1, -0.05) is 30.3 Å². The van der Waals surface area contributed by atoms with Crippen LogP contribution < -0.4 is 9.47 Å². The summed E-state index contributed by atoms with van der Waals surface area (Å²) >= 11 is 1.69. The van der Waals surface area contributed by atoms with Crippen LogP contribution >= 0.6 is 11.3 Å². The molecule has 0 radical (unpaired) electrons. The number of aromatic hydroxyl groups is 1. The second-order valence-electron chi connectivity index (χ2n) is 6.53. The molecule has 136 valence electrons. The van der Waals surface area contributed by atoms with Crippen molar-refractivity contribution in [3.8, 4) is 17.2 Å². The van der Waals surface area contributed by atoms with Gasteiger partial charge in [0.1, 0.15) is 5.75 Å². The average Bonchev–Trinajstić information content (AvgIpc) is 3.37. The lowest BCUT2D eigenvalue weighted by Crippen LogP contribution is -2.33. The second kappa shape index (κ2) is 6.32. The van der Waals surface area contributed by atoms with Crippen LogP contribution in [0.15, 0.2) is 65.1 Å². The van der Waals surface area contributed by atoms with Crippen molar-refractivity contribution in [2.75, 3.05) is 7.11 Å². The monoisotopic (exact) mass is 378 g/mol. The van der Waals surface area contributed by atoms with Gasteiger partial charge in [-0.2, -0.15) is 5.10 Å². The first-order chi connectivity index (χ1) is 13.3. The van der Waals surface area contributed by atoms with Crippen LogP contribution in [0.2, 0.25) is 0 Å². The first kappa shape index (κ1) is 16.2. The van der Waals surface area contributed by atoms with Gasteiger partial charge in [-0.25, -0.2) is 5.01 Å². The summed E-state index contributed by atoms with van der Waals surface area (Å²) in [6.45, 7) is 0. The van der Waals surface area contributed by atoms with Crippen molar-refractivity contribution in [2.45, 2.75) is 18.7 Å². The van der Waals surface area contributed by atoms with Gasteiger partial charge in [-0.15, -0.1) is 11.3 Å². The number of thiophene rings is 1. The van der Waals surface area contributed by atoms with E-state index in [2.05, 4.69) is 17.5 Å². The Morgan fingerprint density at radius 2 is 1.96 bits per heavy atom. The van der Waals surface area contributed by atoms with Crippen molar-refractivity contribution >= 4 is 17.0 Å². The Balaban J connectivity index is 1.63. The minimum atomic E-state index is -0.516. The molecule has 5 nitrogen and oxygen atoms in total. The minimum Gasteiger partial charge on any atom is -0.504 e. The number of phenolic OH excluding ortho intramolecular Hbond substituents is 1. The predicted octanol–water partition coefficient (Wildman–Crippen LogP) is 4.70. The third-order valence-electron chi connectivity index (χ3n) is 5.02. The third-order valence-corrected chi connectivity index (χ3v) is 5.94. The summed E-state index contributed by atoms with van der Waals surface area (Å²) < 4.78 is 11.6. The maximum absolute atomic E-state index is 10.7. The summed E-state index contributed by atoms with van der Waals surface area (Å²) in [4.78, 5) is 1.16. The number of para-hydroxylation sites is 2. The quantitative estimate of drug-likeness (QED) is 0.717. The van der Waals surface area contributed by atoms with Crippen LogP contribution in [0.3, 0.4) is 0 Å². The number of phenols is 1. The number of hydrazone groups is 1. The molecule has 0 spiro atoms. The van der Waals surface area contributed by atoms with E-state index in [1.54, 1.807) is 24.5 Å². The van der Waals surface area contributed by atoms with Crippen LogP contribution in [0.1, 0.15) is 34.7 Å². The highest BCUT2D eigenvalue weighted by Gasteiger charge is 2.42. The average molecular weight is 378 g/mol. The Bertz CT molecular complexity index is 1020. The van der Waals surface area contributed by atoms with Crippen molar-refractivity contribution in [2.24, 2.45) is 5.10 Å². The van der Waals surface area contributed by atoms with E-state index in [1.165, 1.54) is 0 Å². The van der Waals surface area contributed by atoms with Gasteiger partial charge in [0.15, 0.2) is 11.5 Å². The molecule has 27 heavy (non-hydrogen) atoms. The number of hydrogen-bond acceptors (Lipinski definition) is 6. The highest BCUT2D eigenvalue weighted by molar-refractivity contribution is 7.12. The zero-order chi connectivity index (χ0) is 18.4. The Morgan fingerprint density at radius 3 is 2.78 bits per heavy atom. The van der Waals surface area contributed by atoms with Crippen molar-refractivity contribution in [3.63, 3.8) is 0 Å². The van der Waals surface area contributed by atoms with E-state index in [0.29, 0.717) is 11.3 Å². The van der Waals surface area contributed by atoms with Gasteiger partial charge in [0, 0.05) is 12.0 Å². The Labute approximate surface area is 161 Å². The molecule has 2 aliphatic heterocycles. The van der Waals surface area contributed by atoms with Gasteiger partial charge in [-0.3, -0.25) is 0 Å². The number of nitrogens with zero attached hydrogens (tertiary/aromatic N) is 2. The van der Waals surface area contributed by atoms with E-state index in [0.717, 1.165) is 28.3 Å². The summed E-state index contributed by atoms with van der Waals surface area (Å²) in [5.74, 6) is 1.34. The van der Waals surface area contributed by atoms with Crippen molar-refractivity contribution in [3.05, 3.63) is 76.0 Å². The number of hydrogen-bond donors (Lipinski definition) is 1. The molecule has 1 aromatic heterocycles. The lowest BCUT2D eigenvalue weighted by molar-refractivity contribution is -0.0205. The van der Waals surface area contributed by atoms with Gasteiger partial charge < -0.3 is 14.6 Å². The van der Waals surface area contributed by atoms with Crippen molar-refractivity contribution < 1.29 is 14.6 Å². The summed E-state index contributed by atoms with van der Waals surface area (Å²) in [7, 11) is 1.54. The number of methoxy groups -OCH3 is 1. The van der Waals surface area contributed by atoms with Crippen LogP contribution in [0.4, 0.5) is 0 Å². The molecule has 0 bridgehead atoms. The summed E-state index contributed by atoms with van der Waals surface area (Å²) in [6.07, 6.45) is 0.291. The van der Waals surface area contributed by atoms with E-state index in [9.17, 15) is 5.11 Å². The second-order valence-corrected chi connectivity index (χ2v) is 7.48. The number of ether oxygens (including phenoxy) is 2. The van der Waals surface area contributed by atoms with Crippen LogP contribution in [-0.2, 0) is 0 Å². The van der Waals surface area contributed by atoms with E-state index in [-0.39, 0.29) is 11.8 Å². The standard InChI is InChI=1S/C21H18N2O3S/c1-25-18-9-4-7-14(20(18)24)21-23-16(13-6-2-3-8-17(13)26-21)12-15(22-23)19-10-5-11-27-19/h2-11,16,21,24H,12H2,1H3/t16-,21+/m0/s1. The van der Waals surface area contributed by atoms with Crippen LogP contribution in [0, 0.1) is 0 Å². The predicted molar refractivity (Wildman–Crippen MR) is 105 cm³/mol. The van der Waals surface area contributed by atoms with E-state index in [1.807, 2.05) is 41.4 Å². The molecule has 2 atom stereocenters. The normalized spacial score (nSPS) is 20.5. The SMILES string of the molecule is COc1cccc([C@H]2Oc3ccccc3[C@@H]3CC(c4cccs4)=NN23)c1O. The first-order valence-electron chi connectivity index (χ1n) is 8.77. The summed E-state index contributed by atoms with van der Waals surface area (Å²) in [5, 5.41) is 19.6. The lowest BCUT2D eigenvalue weighted by atomic mass is 9.97. The summed E-state index contributed by atoms with van der Waals surface area (Å²) in [6, 6.07) is 17.7. The number of rotatable bonds is 3. The maximum Gasteiger partial charge on any atom is 0.217 e. The van der Waals surface area contributed by atoms with Gasteiger partial charge in [0.2, 0.25) is 6.23 Å². The van der Waals surface area contributed by atoms with Crippen molar-refractivity contribution in [1.29, 1.82) is 0 Å². The fraction of sp³-hybridized carbons (Fsp3) is 0.190. The molecular weight excluding hydrogens is 360 g/mol. The Kier molecular flexibility index (Phi) is 3.79. The third kappa shape index (κ3) is 2.56. The number of fused-ring (bicyclic) bond motifs is 3. The molecule has 3 aromatic rings. The van der Waals surface area contributed by atoms with Crippen LogP contribution in [0.25, 0.3) is 0 Å². The molecule has 1 N–H and O–H groups in total. The molecule has 0 saturated carbocycles. The van der Waals surface area contributed by atoms with Crippen LogP contribution in [-0.4, -0.2) is 22.9 Å². The molecule has 2 aliphatic rings. The lowest BCUT2D eigenvalue weighted by Gasteiger charge is -2.38. The highest BCUT2D eigenvalue weighted by Crippen LogP contribution is 2.49. The summed E-state index contributed by atoms with van der Waals surface area (Å²) in [5.41, 5.74) is 2.80. The van der Waals surface area contributed by atoms with Crippen LogP contribution in [0.5, 0.6) is 17.2 Å². The largest absolute Gasteiger partial charge is 0.504 e. The van der Waals surface area contributed by atoms with Gasteiger partial charge in [0.05, 0.1) is 29.3 Å². The van der Waals surface area contributed by atoms with E-state index < -0.39 is 6.23 Å². The fourth-order valence-electron chi connectivity index (χ4n) is 3.73. The Morgan fingerprint density at radius 1 is 1.11 bits per heavy atom. The van der Waals surface area contributed by atoms with Gasteiger partial charge >= 0.3 is 0 Å². The molecule has 6 heteroatoms. The molecular formula is C21H18N2O3S. The Hall–Kier alpha value is -2.99. The molecule has 0 unspecified atom stereocenters. The zero-order valence-corrected chi connectivity index (χ0v) is 15.5. The van der Waals surface area contributed by atoms with Gasteiger partial charge in [-0.05, 0) is 29.6 Å². The molecule has 5 rings (SSSR count). The zero-order valence-electron chi connectivity index (χ0n) is 14.7. The molecule has 0 saturated heterocycles. The van der Waals surface area contributed by atoms with E-state index >= 15 is 0 Å². The molecule has 0 aliphatic carbocycles. The maximum atomic E-state index is 10.7. The van der Waals surface area contributed by atoms with Crippen molar-refractivity contribution in [1.82, 2.24) is 5.01 Å². The highest BCUT2D eigenvalue weighted by atomic mass is 32.1. The van der Waals surface area contributed by atoms with E-state index in [4.69, 9.17) is 14.6 Å². The molecule has 2 aromatic carbocycles.